The van der Waals surface area contributed by atoms with Crippen LogP contribution in [0.4, 0.5) is 17.5 Å². The first-order valence-electron chi connectivity index (χ1n) is 8.71. The number of benzene rings is 1. The van der Waals surface area contributed by atoms with Gasteiger partial charge >= 0.3 is 0 Å². The van der Waals surface area contributed by atoms with E-state index in [1.54, 1.807) is 0 Å². The normalized spacial score (nSPS) is 15.6. The van der Waals surface area contributed by atoms with Gasteiger partial charge < -0.3 is 15.1 Å². The van der Waals surface area contributed by atoms with Gasteiger partial charge in [-0.15, -0.1) is 0 Å². The lowest BCUT2D eigenvalue weighted by Crippen LogP contribution is -2.44. The highest BCUT2D eigenvalue weighted by Gasteiger charge is 2.17. The molecule has 1 aliphatic rings. The Morgan fingerprint density at radius 1 is 1.08 bits per heavy atom. The van der Waals surface area contributed by atoms with Crippen LogP contribution >= 0.6 is 0 Å². The molecule has 0 unspecified atom stereocenters. The summed E-state index contributed by atoms with van der Waals surface area (Å²) in [5.74, 6) is 1.71. The standard InChI is InChI=1S/C19H27N5/c1-5-16-8-6-7-14(2)18(16)22-19-20-15(3)13-17(21-19)24-11-9-23(4)10-12-24/h6-8,13H,5,9-12H2,1-4H3,(H,20,21,22). The van der Waals surface area contributed by atoms with Crippen LogP contribution in [0.2, 0.25) is 0 Å². The molecule has 3 rings (SSSR count). The zero-order valence-corrected chi connectivity index (χ0v) is 15.1. The van der Waals surface area contributed by atoms with E-state index in [9.17, 15) is 0 Å². The average Bonchev–Trinajstić information content (AvgIpc) is 2.57. The molecule has 2 heterocycles. The largest absolute Gasteiger partial charge is 0.354 e. The van der Waals surface area contributed by atoms with E-state index in [0.29, 0.717) is 5.95 Å². The fraction of sp³-hybridized carbons (Fsp3) is 0.474. The quantitative estimate of drug-likeness (QED) is 0.935. The first-order valence-corrected chi connectivity index (χ1v) is 8.71. The van der Waals surface area contributed by atoms with Crippen LogP contribution in [0.5, 0.6) is 0 Å². The van der Waals surface area contributed by atoms with E-state index in [1.165, 1.54) is 11.1 Å². The van der Waals surface area contributed by atoms with Crippen molar-refractivity contribution in [1.29, 1.82) is 0 Å². The minimum atomic E-state index is 0.688. The molecule has 0 radical (unpaired) electrons. The number of nitrogens with zero attached hydrogens (tertiary/aromatic N) is 4. The summed E-state index contributed by atoms with van der Waals surface area (Å²) in [4.78, 5) is 14.1. The Labute approximate surface area is 144 Å². The first kappa shape index (κ1) is 16.7. The van der Waals surface area contributed by atoms with E-state index < -0.39 is 0 Å². The molecule has 1 fully saturated rings. The summed E-state index contributed by atoms with van der Waals surface area (Å²) in [6, 6.07) is 8.46. The lowest BCUT2D eigenvalue weighted by molar-refractivity contribution is 0.312. The van der Waals surface area contributed by atoms with Gasteiger partial charge in [-0.3, -0.25) is 0 Å². The van der Waals surface area contributed by atoms with Gasteiger partial charge in [-0.1, -0.05) is 25.1 Å². The number of aromatic nitrogens is 2. The van der Waals surface area contributed by atoms with Gasteiger partial charge in [0.25, 0.3) is 0 Å². The number of anilines is 3. The van der Waals surface area contributed by atoms with E-state index >= 15 is 0 Å². The SMILES string of the molecule is CCc1cccc(C)c1Nc1nc(C)cc(N2CCN(C)CC2)n1. The fourth-order valence-corrected chi connectivity index (χ4v) is 3.12. The van der Waals surface area contributed by atoms with Crippen molar-refractivity contribution in [2.24, 2.45) is 0 Å². The zero-order valence-electron chi connectivity index (χ0n) is 15.1. The summed E-state index contributed by atoms with van der Waals surface area (Å²) in [5.41, 5.74) is 4.64. The fourth-order valence-electron chi connectivity index (χ4n) is 3.12. The summed E-state index contributed by atoms with van der Waals surface area (Å²) in [6.45, 7) is 10.5. The lowest BCUT2D eigenvalue weighted by atomic mass is 10.1. The zero-order chi connectivity index (χ0) is 17.1. The van der Waals surface area contributed by atoms with Crippen molar-refractivity contribution < 1.29 is 0 Å². The highest BCUT2D eigenvalue weighted by molar-refractivity contribution is 5.64. The second-order valence-corrected chi connectivity index (χ2v) is 6.57. The van der Waals surface area contributed by atoms with Crippen LogP contribution in [0.25, 0.3) is 0 Å². The third-order valence-corrected chi connectivity index (χ3v) is 4.64. The second-order valence-electron chi connectivity index (χ2n) is 6.57. The van der Waals surface area contributed by atoms with Crippen LogP contribution in [0, 0.1) is 13.8 Å². The third-order valence-electron chi connectivity index (χ3n) is 4.64. The molecule has 0 spiro atoms. The Hall–Kier alpha value is -2.14. The predicted octanol–water partition coefficient (Wildman–Crippen LogP) is 3.15. The molecule has 128 valence electrons. The second kappa shape index (κ2) is 7.18. The highest BCUT2D eigenvalue weighted by Crippen LogP contribution is 2.25. The molecule has 0 aliphatic carbocycles. The van der Waals surface area contributed by atoms with Crippen molar-refractivity contribution in [3.63, 3.8) is 0 Å². The molecule has 0 saturated carbocycles. The van der Waals surface area contributed by atoms with E-state index in [2.05, 4.69) is 65.3 Å². The van der Waals surface area contributed by atoms with Crippen molar-refractivity contribution in [3.8, 4) is 0 Å². The van der Waals surface area contributed by atoms with Gasteiger partial charge in [0.2, 0.25) is 5.95 Å². The molecule has 24 heavy (non-hydrogen) atoms. The van der Waals surface area contributed by atoms with Crippen molar-refractivity contribution in [2.45, 2.75) is 27.2 Å². The summed E-state index contributed by atoms with van der Waals surface area (Å²) >= 11 is 0. The number of para-hydroxylation sites is 1. The summed E-state index contributed by atoms with van der Waals surface area (Å²) in [5, 5.41) is 3.46. The maximum atomic E-state index is 4.78. The number of likely N-dealkylation sites (N-methyl/N-ethyl adjacent to an activating group) is 1. The molecule has 0 bridgehead atoms. The summed E-state index contributed by atoms with van der Waals surface area (Å²) in [6.07, 6.45) is 0.987. The molecular formula is C19H27N5. The van der Waals surface area contributed by atoms with Crippen LogP contribution < -0.4 is 10.2 Å². The number of rotatable bonds is 4. The highest BCUT2D eigenvalue weighted by atomic mass is 15.3. The Balaban J connectivity index is 1.87. The monoisotopic (exact) mass is 325 g/mol. The molecular weight excluding hydrogens is 298 g/mol. The molecule has 1 saturated heterocycles. The molecule has 0 amide bonds. The van der Waals surface area contributed by atoms with Gasteiger partial charge in [0, 0.05) is 43.6 Å². The van der Waals surface area contributed by atoms with Gasteiger partial charge in [0.15, 0.2) is 0 Å². The number of hydrogen-bond acceptors (Lipinski definition) is 5. The maximum Gasteiger partial charge on any atom is 0.229 e. The first-order chi connectivity index (χ1) is 11.6. The Morgan fingerprint density at radius 2 is 1.83 bits per heavy atom. The topological polar surface area (TPSA) is 44.3 Å². The van der Waals surface area contributed by atoms with Gasteiger partial charge in [0.1, 0.15) is 5.82 Å². The molecule has 1 aromatic heterocycles. The Kier molecular flexibility index (Phi) is 5.00. The Bertz CT molecular complexity index is 705. The number of aryl methyl sites for hydroxylation is 3. The number of hydrogen-bond donors (Lipinski definition) is 1. The van der Waals surface area contributed by atoms with Crippen molar-refractivity contribution in [1.82, 2.24) is 14.9 Å². The van der Waals surface area contributed by atoms with Crippen LogP contribution in [0.3, 0.4) is 0 Å². The molecule has 1 aliphatic heterocycles. The van der Waals surface area contributed by atoms with Crippen molar-refractivity contribution in [3.05, 3.63) is 41.1 Å². The predicted molar refractivity (Wildman–Crippen MR) is 100 cm³/mol. The molecule has 0 atom stereocenters. The number of nitrogens with one attached hydrogen (secondary N) is 1. The smallest absolute Gasteiger partial charge is 0.229 e. The van der Waals surface area contributed by atoms with Crippen LogP contribution in [0.15, 0.2) is 24.3 Å². The number of piperazine rings is 1. The summed E-state index contributed by atoms with van der Waals surface area (Å²) < 4.78 is 0. The van der Waals surface area contributed by atoms with Gasteiger partial charge in [-0.25, -0.2) is 4.98 Å². The molecule has 1 N–H and O–H groups in total. The van der Waals surface area contributed by atoms with Crippen LogP contribution in [0.1, 0.15) is 23.7 Å². The molecule has 5 heteroatoms. The minimum absolute atomic E-state index is 0.688. The van der Waals surface area contributed by atoms with Crippen LogP contribution in [-0.2, 0) is 6.42 Å². The van der Waals surface area contributed by atoms with Gasteiger partial charge in [0.05, 0.1) is 0 Å². The van der Waals surface area contributed by atoms with E-state index in [1.807, 2.05) is 6.92 Å². The average molecular weight is 325 g/mol. The van der Waals surface area contributed by atoms with Crippen LogP contribution in [-0.4, -0.2) is 48.1 Å². The maximum absolute atomic E-state index is 4.78. The van der Waals surface area contributed by atoms with E-state index in [4.69, 9.17) is 4.98 Å². The molecule has 1 aromatic carbocycles. The van der Waals surface area contributed by atoms with E-state index in [0.717, 1.165) is 49.8 Å². The Morgan fingerprint density at radius 3 is 2.54 bits per heavy atom. The van der Waals surface area contributed by atoms with E-state index in [-0.39, 0.29) is 0 Å². The molecule has 2 aromatic rings. The van der Waals surface area contributed by atoms with Gasteiger partial charge in [-0.2, -0.15) is 4.98 Å². The minimum Gasteiger partial charge on any atom is -0.354 e. The van der Waals surface area contributed by atoms with Crippen molar-refractivity contribution >= 4 is 17.5 Å². The molecule has 5 nitrogen and oxygen atoms in total. The van der Waals surface area contributed by atoms with Gasteiger partial charge in [-0.05, 0) is 38.4 Å². The van der Waals surface area contributed by atoms with Crippen molar-refractivity contribution in [2.75, 3.05) is 43.4 Å². The third kappa shape index (κ3) is 3.67. The summed E-state index contributed by atoms with van der Waals surface area (Å²) in [7, 11) is 2.17. The lowest BCUT2D eigenvalue weighted by Gasteiger charge is -2.33.